The summed E-state index contributed by atoms with van der Waals surface area (Å²) in [6.07, 6.45) is 3.90. The zero-order chi connectivity index (χ0) is 17.7. The van der Waals surface area contributed by atoms with Crippen molar-refractivity contribution < 1.29 is 14.2 Å². The molecular formula is C16H14N4O2S3. The summed E-state index contributed by atoms with van der Waals surface area (Å²) in [5, 5.41) is 1.93. The minimum atomic E-state index is -0.562. The average molecular weight is 391 g/mol. The van der Waals surface area contributed by atoms with Gasteiger partial charge in [0.2, 0.25) is 5.91 Å². The Morgan fingerprint density at radius 1 is 1.44 bits per heavy atom. The van der Waals surface area contributed by atoms with Gasteiger partial charge in [0.25, 0.3) is 0 Å². The standard InChI is InChI=1S/C16H14N4O2S3/c1-19-4-2-8(3-5-19)10-7-24-13(18-10)9-6-25-15-11(17)14(21)20(15)12(9)16(22)23/h2-5,7,11,15H,6,17H2,1H3/t11?,15-/m1/s1. The van der Waals surface area contributed by atoms with Gasteiger partial charge in [-0.2, -0.15) is 0 Å². The molecule has 0 spiro atoms. The molecule has 0 radical (unpaired) electrons. The lowest BCUT2D eigenvalue weighted by molar-refractivity contribution is -0.671. The number of carbonyl (C=O) groups is 2. The highest BCUT2D eigenvalue weighted by molar-refractivity contribution is 8.00. The number of nitrogens with two attached hydrogens (primary N) is 1. The number of aromatic nitrogens is 2. The number of rotatable bonds is 3. The molecule has 4 rings (SSSR count). The van der Waals surface area contributed by atoms with Crippen molar-refractivity contribution in [3.63, 3.8) is 0 Å². The van der Waals surface area contributed by atoms with E-state index in [0.29, 0.717) is 5.75 Å². The lowest BCUT2D eigenvalue weighted by atomic mass is 10.0. The van der Waals surface area contributed by atoms with Gasteiger partial charge in [-0.15, -0.1) is 23.1 Å². The van der Waals surface area contributed by atoms with Crippen LogP contribution in [0.25, 0.3) is 16.8 Å². The molecule has 4 heterocycles. The Morgan fingerprint density at radius 3 is 2.84 bits per heavy atom. The summed E-state index contributed by atoms with van der Waals surface area (Å²) in [7, 11) is 1.95. The van der Waals surface area contributed by atoms with Crippen molar-refractivity contribution in [3.8, 4) is 11.3 Å². The lowest BCUT2D eigenvalue weighted by Gasteiger charge is -2.49. The Bertz CT molecular complexity index is 906. The van der Waals surface area contributed by atoms with E-state index in [-0.39, 0.29) is 17.0 Å². The Labute approximate surface area is 158 Å². The number of aryl methyl sites for hydroxylation is 1. The van der Waals surface area contributed by atoms with E-state index >= 15 is 0 Å². The van der Waals surface area contributed by atoms with Gasteiger partial charge in [0.05, 0.1) is 16.5 Å². The first-order valence-corrected chi connectivity index (χ1v) is 9.87. The summed E-state index contributed by atoms with van der Waals surface area (Å²) in [6.45, 7) is 0. The molecule has 2 aromatic heterocycles. The second-order valence-electron chi connectivity index (χ2n) is 5.84. The quantitative estimate of drug-likeness (QED) is 0.471. The van der Waals surface area contributed by atoms with E-state index < -0.39 is 11.2 Å². The van der Waals surface area contributed by atoms with Gasteiger partial charge in [0.15, 0.2) is 12.4 Å². The van der Waals surface area contributed by atoms with E-state index in [2.05, 4.69) is 4.98 Å². The van der Waals surface area contributed by atoms with Crippen molar-refractivity contribution in [1.29, 1.82) is 0 Å². The minimum absolute atomic E-state index is 0.202. The monoisotopic (exact) mass is 390 g/mol. The molecule has 2 atom stereocenters. The van der Waals surface area contributed by atoms with Crippen molar-refractivity contribution in [2.24, 2.45) is 12.8 Å². The van der Waals surface area contributed by atoms with Crippen LogP contribution in [0.4, 0.5) is 0 Å². The maximum Gasteiger partial charge on any atom is 0.248 e. The Balaban J connectivity index is 1.74. The fraction of sp³-hybridized carbons (Fsp3) is 0.250. The largest absolute Gasteiger partial charge is 0.735 e. The number of hydrogen-bond donors (Lipinski definition) is 1. The minimum Gasteiger partial charge on any atom is -0.735 e. The number of nitrogens with zero attached hydrogens (tertiary/aromatic N) is 3. The molecule has 0 aromatic carbocycles. The van der Waals surface area contributed by atoms with Crippen LogP contribution in [0.15, 0.2) is 35.6 Å². The molecule has 1 fully saturated rings. The third-order valence-electron chi connectivity index (χ3n) is 4.24. The molecule has 9 heteroatoms. The Hall–Kier alpha value is -1.81. The molecule has 2 aliphatic heterocycles. The number of fused-ring (bicyclic) bond motifs is 1. The molecular weight excluding hydrogens is 376 g/mol. The van der Waals surface area contributed by atoms with E-state index in [9.17, 15) is 9.59 Å². The second-order valence-corrected chi connectivity index (χ2v) is 8.17. The molecule has 0 saturated carbocycles. The Kier molecular flexibility index (Phi) is 4.11. The van der Waals surface area contributed by atoms with Crippen LogP contribution in [0.2, 0.25) is 0 Å². The summed E-state index contributed by atoms with van der Waals surface area (Å²) in [5.41, 5.74) is 8.64. The van der Waals surface area contributed by atoms with Gasteiger partial charge < -0.3 is 23.2 Å². The molecule has 0 aliphatic carbocycles. The number of carbonyl (C=O) groups excluding carboxylic acids is 2. The molecule has 1 unspecified atom stereocenters. The van der Waals surface area contributed by atoms with Crippen molar-refractivity contribution in [1.82, 2.24) is 9.88 Å². The van der Waals surface area contributed by atoms with Crippen LogP contribution in [0, 0.1) is 0 Å². The van der Waals surface area contributed by atoms with Crippen molar-refractivity contribution in [2.75, 3.05) is 5.75 Å². The van der Waals surface area contributed by atoms with Gasteiger partial charge in [0, 0.05) is 34.4 Å². The third-order valence-corrected chi connectivity index (χ3v) is 6.64. The van der Waals surface area contributed by atoms with Crippen LogP contribution in [0.3, 0.4) is 0 Å². The molecule has 1 saturated heterocycles. The molecule has 1 amide bonds. The van der Waals surface area contributed by atoms with Crippen molar-refractivity contribution in [2.45, 2.75) is 11.4 Å². The van der Waals surface area contributed by atoms with Crippen LogP contribution in [0.5, 0.6) is 0 Å². The topological polar surface area (TPSA) is 80.2 Å². The summed E-state index contributed by atoms with van der Waals surface area (Å²) < 4.78 is 1.95. The van der Waals surface area contributed by atoms with Gasteiger partial charge in [-0.25, -0.2) is 9.55 Å². The van der Waals surface area contributed by atoms with Gasteiger partial charge in [0.1, 0.15) is 23.5 Å². The third kappa shape index (κ3) is 2.67. The number of β-lactam (4-membered cyclic amide) rings is 1. The highest BCUT2D eigenvalue weighted by Gasteiger charge is 2.50. The average Bonchev–Trinajstić information content (AvgIpc) is 3.10. The normalized spacial score (nSPS) is 22.6. The molecule has 25 heavy (non-hydrogen) atoms. The second kappa shape index (κ2) is 6.17. The Morgan fingerprint density at radius 2 is 2.16 bits per heavy atom. The first-order chi connectivity index (χ1) is 12.0. The molecule has 0 bridgehead atoms. The number of thioether (sulfide) groups is 1. The van der Waals surface area contributed by atoms with Crippen molar-refractivity contribution >= 4 is 52.3 Å². The molecule has 2 aromatic rings. The van der Waals surface area contributed by atoms with Crippen LogP contribution < -0.4 is 10.3 Å². The number of amides is 1. The predicted molar refractivity (Wildman–Crippen MR) is 99.1 cm³/mol. The van der Waals surface area contributed by atoms with Gasteiger partial charge in [-0.3, -0.25) is 9.69 Å². The zero-order valence-electron chi connectivity index (χ0n) is 13.2. The van der Waals surface area contributed by atoms with Crippen LogP contribution in [0.1, 0.15) is 5.01 Å². The van der Waals surface area contributed by atoms with Gasteiger partial charge >= 0.3 is 0 Å². The number of thiazole rings is 1. The predicted octanol–water partition coefficient (Wildman–Crippen LogP) is 0.662. The first-order valence-electron chi connectivity index (χ1n) is 7.53. The van der Waals surface area contributed by atoms with E-state index in [0.717, 1.165) is 21.8 Å². The van der Waals surface area contributed by atoms with E-state index in [1.807, 2.05) is 41.5 Å². The smallest absolute Gasteiger partial charge is 0.248 e. The number of pyridine rings is 1. The maximum absolute atomic E-state index is 12.1. The SMILES string of the molecule is C[n+]1ccc(-c2csc(C3=C(C(=O)[S-])N4C(=O)C(N)[C@H]4SC3)n2)cc1. The van der Waals surface area contributed by atoms with Crippen molar-refractivity contribution in [3.05, 3.63) is 40.6 Å². The fourth-order valence-corrected chi connectivity index (χ4v) is 5.37. The summed E-state index contributed by atoms with van der Waals surface area (Å²) in [6, 6.07) is 3.40. The summed E-state index contributed by atoms with van der Waals surface area (Å²) in [5.74, 6) is 0.312. The first kappa shape index (κ1) is 16.6. The molecule has 2 N–H and O–H groups in total. The highest BCUT2D eigenvalue weighted by atomic mass is 32.2. The lowest BCUT2D eigenvalue weighted by Crippen LogP contribution is -2.68. The fourth-order valence-electron chi connectivity index (χ4n) is 2.89. The number of hydrogen-bond acceptors (Lipinski definition) is 7. The van der Waals surface area contributed by atoms with Crippen LogP contribution in [-0.2, 0) is 29.3 Å². The maximum atomic E-state index is 12.1. The van der Waals surface area contributed by atoms with E-state index in [1.54, 1.807) is 11.8 Å². The molecule has 128 valence electrons. The van der Waals surface area contributed by atoms with Crippen LogP contribution in [-0.4, -0.2) is 38.1 Å². The summed E-state index contributed by atoms with van der Waals surface area (Å²) in [4.78, 5) is 30.2. The molecule has 2 aliphatic rings. The highest BCUT2D eigenvalue weighted by Crippen LogP contribution is 2.43. The van der Waals surface area contributed by atoms with E-state index in [1.165, 1.54) is 16.2 Å². The zero-order valence-corrected chi connectivity index (χ0v) is 15.7. The van der Waals surface area contributed by atoms with Crippen LogP contribution >= 0.6 is 23.1 Å². The molecule has 6 nitrogen and oxygen atoms in total. The van der Waals surface area contributed by atoms with Gasteiger partial charge in [-0.1, -0.05) is 0 Å². The van der Waals surface area contributed by atoms with Gasteiger partial charge in [-0.05, 0) is 0 Å². The van der Waals surface area contributed by atoms with E-state index in [4.69, 9.17) is 18.4 Å². The summed E-state index contributed by atoms with van der Waals surface area (Å²) >= 11 is 7.87.